The normalized spacial score (nSPS) is 20.1. The van der Waals surface area contributed by atoms with E-state index in [1.807, 2.05) is 64.6 Å². The zero-order valence-electron chi connectivity index (χ0n) is 13.7. The Morgan fingerprint density at radius 3 is 2.88 bits per heavy atom. The number of anilines is 1. The number of rotatable bonds is 2. The number of guanidine groups is 1. The highest BCUT2D eigenvalue weighted by molar-refractivity contribution is 6.30. The second-order valence-corrected chi connectivity index (χ2v) is 6.56. The van der Waals surface area contributed by atoms with Gasteiger partial charge in [-0.25, -0.2) is 5.01 Å². The summed E-state index contributed by atoms with van der Waals surface area (Å²) in [5.74, 6) is 1.82. The van der Waals surface area contributed by atoms with Crippen molar-refractivity contribution in [3.05, 3.63) is 77.1 Å². The van der Waals surface area contributed by atoms with Crippen LogP contribution in [-0.4, -0.2) is 17.8 Å². The van der Waals surface area contributed by atoms with Crippen molar-refractivity contribution in [2.45, 2.75) is 6.04 Å². The molecule has 3 heterocycles. The molecule has 2 N–H and O–H groups in total. The topological polar surface area (TPSA) is 63.3 Å². The molecule has 6 nitrogen and oxygen atoms in total. The molecule has 0 bridgehead atoms. The van der Waals surface area contributed by atoms with Crippen molar-refractivity contribution in [2.24, 2.45) is 10.8 Å². The van der Waals surface area contributed by atoms with E-state index in [1.54, 1.807) is 0 Å². The maximum Gasteiger partial charge on any atom is 0.231 e. The number of hydrazone groups is 1. The Morgan fingerprint density at radius 2 is 2.00 bits per heavy atom. The van der Waals surface area contributed by atoms with E-state index in [1.165, 1.54) is 0 Å². The molecule has 7 heteroatoms. The summed E-state index contributed by atoms with van der Waals surface area (Å²) in [6, 6.07) is 13.4. The second-order valence-electron chi connectivity index (χ2n) is 6.12. The van der Waals surface area contributed by atoms with E-state index in [0.29, 0.717) is 16.7 Å². The zero-order chi connectivity index (χ0) is 17.7. The highest BCUT2D eigenvalue weighted by Gasteiger charge is 2.30. The molecule has 1 unspecified atom stereocenters. The summed E-state index contributed by atoms with van der Waals surface area (Å²) in [5.41, 5.74) is 9.12. The molecule has 5 rings (SSSR count). The van der Waals surface area contributed by atoms with Crippen molar-refractivity contribution >= 4 is 23.2 Å². The molecule has 3 aliphatic rings. The molecule has 0 saturated carbocycles. The number of allylic oxidation sites excluding steroid dienone is 1. The average Bonchev–Trinajstić information content (AvgIpc) is 3.26. The molecule has 0 radical (unpaired) electrons. The van der Waals surface area contributed by atoms with Crippen LogP contribution in [0.1, 0.15) is 11.6 Å². The van der Waals surface area contributed by atoms with Crippen molar-refractivity contribution in [3.8, 4) is 11.5 Å². The first-order valence-corrected chi connectivity index (χ1v) is 8.54. The van der Waals surface area contributed by atoms with Gasteiger partial charge in [0.05, 0.1) is 17.4 Å². The van der Waals surface area contributed by atoms with Crippen LogP contribution in [0.3, 0.4) is 0 Å². The van der Waals surface area contributed by atoms with E-state index in [0.717, 1.165) is 22.7 Å². The fourth-order valence-electron chi connectivity index (χ4n) is 3.27. The van der Waals surface area contributed by atoms with Crippen LogP contribution >= 0.6 is 11.6 Å². The molecule has 2 aromatic rings. The van der Waals surface area contributed by atoms with E-state index in [9.17, 15) is 0 Å². The zero-order valence-corrected chi connectivity index (χ0v) is 14.4. The molecular weight excluding hydrogens is 352 g/mol. The average molecular weight is 367 g/mol. The Bertz CT molecular complexity index is 985. The number of benzene rings is 2. The number of halogens is 1. The van der Waals surface area contributed by atoms with Crippen LogP contribution in [0.15, 0.2) is 71.6 Å². The molecule has 130 valence electrons. The highest BCUT2D eigenvalue weighted by Crippen LogP contribution is 2.39. The SMILES string of the molecule is NC1=NN2C(=CN1c1ccc3c(c1)OCO3)C=CC2c1cccc(Cl)c1. The molecule has 0 saturated heterocycles. The van der Waals surface area contributed by atoms with Gasteiger partial charge in [0.1, 0.15) is 0 Å². The van der Waals surface area contributed by atoms with Crippen LogP contribution in [-0.2, 0) is 0 Å². The largest absolute Gasteiger partial charge is 0.454 e. The molecule has 0 aliphatic carbocycles. The highest BCUT2D eigenvalue weighted by atomic mass is 35.5. The summed E-state index contributed by atoms with van der Waals surface area (Å²) in [7, 11) is 0. The van der Waals surface area contributed by atoms with Gasteiger partial charge in [0.25, 0.3) is 0 Å². The van der Waals surface area contributed by atoms with Crippen molar-refractivity contribution in [3.63, 3.8) is 0 Å². The fraction of sp³-hybridized carbons (Fsp3) is 0.105. The number of ether oxygens (including phenoxy) is 2. The summed E-state index contributed by atoms with van der Waals surface area (Å²) in [6.45, 7) is 0.237. The third kappa shape index (κ3) is 2.38. The predicted molar refractivity (Wildman–Crippen MR) is 99.9 cm³/mol. The van der Waals surface area contributed by atoms with Gasteiger partial charge < -0.3 is 15.2 Å². The second kappa shape index (κ2) is 5.71. The number of hydrogen-bond donors (Lipinski definition) is 1. The minimum Gasteiger partial charge on any atom is -0.454 e. The van der Waals surface area contributed by atoms with Gasteiger partial charge in [0.2, 0.25) is 12.8 Å². The van der Waals surface area contributed by atoms with Crippen molar-refractivity contribution in [2.75, 3.05) is 11.7 Å². The quantitative estimate of drug-likeness (QED) is 0.880. The first-order chi connectivity index (χ1) is 12.7. The maximum absolute atomic E-state index is 6.25. The molecule has 0 amide bonds. The molecule has 1 atom stereocenters. The summed E-state index contributed by atoms with van der Waals surface area (Å²) < 4.78 is 10.8. The van der Waals surface area contributed by atoms with E-state index < -0.39 is 0 Å². The van der Waals surface area contributed by atoms with E-state index in [-0.39, 0.29) is 12.8 Å². The number of fused-ring (bicyclic) bond motifs is 2. The number of nitrogens with two attached hydrogens (primary N) is 1. The molecule has 0 fully saturated rings. The third-order valence-corrected chi connectivity index (χ3v) is 4.76. The monoisotopic (exact) mass is 366 g/mol. The molecule has 0 aromatic heterocycles. The Hall–Kier alpha value is -3.12. The van der Waals surface area contributed by atoms with E-state index in [4.69, 9.17) is 26.8 Å². The van der Waals surface area contributed by atoms with Crippen molar-refractivity contribution in [1.29, 1.82) is 0 Å². The third-order valence-electron chi connectivity index (χ3n) is 4.52. The Morgan fingerprint density at radius 1 is 1.12 bits per heavy atom. The van der Waals surface area contributed by atoms with Gasteiger partial charge in [-0.1, -0.05) is 29.8 Å². The summed E-state index contributed by atoms with van der Waals surface area (Å²) >= 11 is 6.13. The maximum atomic E-state index is 6.25. The lowest BCUT2D eigenvalue weighted by atomic mass is 10.1. The molecule has 0 spiro atoms. The molecule has 3 aliphatic heterocycles. The fourth-order valence-corrected chi connectivity index (χ4v) is 3.47. The van der Waals surface area contributed by atoms with E-state index >= 15 is 0 Å². The lowest BCUT2D eigenvalue weighted by Crippen LogP contribution is -2.39. The summed E-state index contributed by atoms with van der Waals surface area (Å²) in [4.78, 5) is 1.83. The first kappa shape index (κ1) is 15.2. The minimum atomic E-state index is -0.0302. The van der Waals surface area contributed by atoms with Crippen LogP contribution in [0.2, 0.25) is 5.02 Å². The number of nitrogens with zero attached hydrogens (tertiary/aromatic N) is 3. The Kier molecular flexibility index (Phi) is 3.33. The van der Waals surface area contributed by atoms with Crippen LogP contribution in [0.5, 0.6) is 11.5 Å². The lowest BCUT2D eigenvalue weighted by Gasteiger charge is -2.31. The van der Waals surface area contributed by atoms with Crippen LogP contribution in [0.4, 0.5) is 5.69 Å². The smallest absolute Gasteiger partial charge is 0.231 e. The van der Waals surface area contributed by atoms with Gasteiger partial charge in [-0.2, -0.15) is 0 Å². The minimum absolute atomic E-state index is 0.0302. The van der Waals surface area contributed by atoms with Gasteiger partial charge in [-0.15, -0.1) is 5.10 Å². The van der Waals surface area contributed by atoms with Gasteiger partial charge in [-0.05, 0) is 35.9 Å². The van der Waals surface area contributed by atoms with Crippen LogP contribution in [0.25, 0.3) is 0 Å². The standard InChI is InChI=1S/C19H15ClN4O2/c20-13-3-1-2-12(8-13)16-6-4-15-10-23(19(21)22-24(15)16)14-5-7-17-18(9-14)26-11-25-17/h1-10,16H,11H2,(H2,21,22). The van der Waals surface area contributed by atoms with Crippen molar-refractivity contribution in [1.82, 2.24) is 5.01 Å². The molecular formula is C19H15ClN4O2. The lowest BCUT2D eigenvalue weighted by molar-refractivity contribution is 0.174. The van der Waals surface area contributed by atoms with Gasteiger partial charge in [-0.3, -0.25) is 4.90 Å². The summed E-state index contributed by atoms with van der Waals surface area (Å²) in [5, 5.41) is 7.18. The predicted octanol–water partition coefficient (Wildman–Crippen LogP) is 3.57. The van der Waals surface area contributed by atoms with Gasteiger partial charge in [0.15, 0.2) is 11.5 Å². The Balaban J connectivity index is 1.47. The number of hydrogen-bond acceptors (Lipinski definition) is 6. The molecule has 2 aromatic carbocycles. The van der Waals surface area contributed by atoms with Crippen molar-refractivity contribution < 1.29 is 9.47 Å². The Labute approximate surface area is 155 Å². The summed E-state index contributed by atoms with van der Waals surface area (Å²) in [6.07, 6.45) is 6.07. The van der Waals surface area contributed by atoms with Crippen LogP contribution < -0.4 is 20.1 Å². The van der Waals surface area contributed by atoms with Crippen LogP contribution in [0, 0.1) is 0 Å². The van der Waals surface area contributed by atoms with Gasteiger partial charge in [0, 0.05) is 17.3 Å². The van der Waals surface area contributed by atoms with Gasteiger partial charge >= 0.3 is 0 Å². The van der Waals surface area contributed by atoms with E-state index in [2.05, 4.69) is 11.2 Å². The molecule has 26 heavy (non-hydrogen) atoms. The first-order valence-electron chi connectivity index (χ1n) is 8.17.